The SMILES string of the molecule is [O]CCCCCC(F)(F)Br. The minimum atomic E-state index is -2.74. The van der Waals surface area contributed by atoms with Gasteiger partial charge < -0.3 is 0 Å². The number of unbranched alkanes of at least 4 members (excludes halogenated alkanes) is 2. The second-order valence-electron chi connectivity index (χ2n) is 2.13. The molecule has 0 aliphatic rings. The fraction of sp³-hybridized carbons (Fsp3) is 1.00. The molecule has 0 aromatic heterocycles. The van der Waals surface area contributed by atoms with Gasteiger partial charge in [-0.15, -0.1) is 0 Å². The van der Waals surface area contributed by atoms with E-state index in [1.54, 1.807) is 0 Å². The van der Waals surface area contributed by atoms with Gasteiger partial charge in [0.2, 0.25) is 0 Å². The summed E-state index contributed by atoms with van der Waals surface area (Å²) in [4.78, 5) is -2.74. The van der Waals surface area contributed by atoms with Crippen molar-refractivity contribution in [2.75, 3.05) is 6.61 Å². The van der Waals surface area contributed by atoms with Gasteiger partial charge >= 0.3 is 4.83 Å². The summed E-state index contributed by atoms with van der Waals surface area (Å²) < 4.78 is 24.0. The summed E-state index contributed by atoms with van der Waals surface area (Å²) >= 11 is 2.22. The van der Waals surface area contributed by atoms with Crippen LogP contribution in [0.2, 0.25) is 0 Å². The van der Waals surface area contributed by atoms with Crippen LogP contribution in [0.1, 0.15) is 25.7 Å². The highest BCUT2D eigenvalue weighted by atomic mass is 79.9. The van der Waals surface area contributed by atoms with Crippen molar-refractivity contribution in [2.24, 2.45) is 0 Å². The van der Waals surface area contributed by atoms with Crippen LogP contribution in [0.25, 0.3) is 0 Å². The second kappa shape index (κ2) is 5.02. The number of rotatable bonds is 5. The minimum Gasteiger partial charge on any atom is -0.237 e. The molecule has 0 aliphatic carbocycles. The van der Waals surface area contributed by atoms with E-state index in [0.29, 0.717) is 19.3 Å². The summed E-state index contributed by atoms with van der Waals surface area (Å²) in [7, 11) is 0. The van der Waals surface area contributed by atoms with Crippen molar-refractivity contribution in [3.63, 3.8) is 0 Å². The van der Waals surface area contributed by atoms with E-state index in [2.05, 4.69) is 15.9 Å². The molecule has 0 unspecified atom stereocenters. The van der Waals surface area contributed by atoms with Crippen molar-refractivity contribution >= 4 is 15.9 Å². The van der Waals surface area contributed by atoms with Crippen molar-refractivity contribution in [1.29, 1.82) is 0 Å². The van der Waals surface area contributed by atoms with Gasteiger partial charge in [-0.2, -0.15) is 8.78 Å². The first-order chi connectivity index (χ1) is 4.56. The normalized spacial score (nSPS) is 12.0. The lowest BCUT2D eigenvalue weighted by Gasteiger charge is -2.05. The molecule has 0 aromatic rings. The lowest BCUT2D eigenvalue weighted by atomic mass is 10.2. The topological polar surface area (TPSA) is 19.9 Å². The highest BCUT2D eigenvalue weighted by molar-refractivity contribution is 9.09. The largest absolute Gasteiger partial charge is 0.301 e. The molecular formula is C6H10BrF2O. The van der Waals surface area contributed by atoms with Crippen molar-refractivity contribution in [1.82, 2.24) is 0 Å². The zero-order chi connectivity index (χ0) is 8.04. The maximum atomic E-state index is 12.0. The fourth-order valence-corrected chi connectivity index (χ4v) is 0.885. The monoisotopic (exact) mass is 215 g/mol. The van der Waals surface area contributed by atoms with Crippen LogP contribution >= 0.6 is 15.9 Å². The van der Waals surface area contributed by atoms with Gasteiger partial charge in [-0.1, -0.05) is 6.42 Å². The van der Waals surface area contributed by atoms with Crippen LogP contribution in [0.4, 0.5) is 8.78 Å². The quantitative estimate of drug-likeness (QED) is 0.497. The molecule has 0 fully saturated rings. The first-order valence-corrected chi connectivity index (χ1v) is 4.00. The smallest absolute Gasteiger partial charge is 0.237 e. The average Bonchev–Trinajstić information content (AvgIpc) is 1.78. The van der Waals surface area contributed by atoms with E-state index >= 15 is 0 Å². The molecule has 0 spiro atoms. The molecule has 0 bridgehead atoms. The highest BCUT2D eigenvalue weighted by Gasteiger charge is 2.22. The Kier molecular flexibility index (Phi) is 5.17. The minimum absolute atomic E-state index is 0.159. The van der Waals surface area contributed by atoms with Crippen LogP contribution < -0.4 is 0 Å². The van der Waals surface area contributed by atoms with Gasteiger partial charge in [0.05, 0.1) is 6.61 Å². The summed E-state index contributed by atoms with van der Waals surface area (Å²) in [6, 6.07) is 0. The molecule has 4 heteroatoms. The molecule has 1 nitrogen and oxygen atoms in total. The molecule has 0 rings (SSSR count). The predicted molar refractivity (Wildman–Crippen MR) is 37.9 cm³/mol. The average molecular weight is 216 g/mol. The summed E-state index contributed by atoms with van der Waals surface area (Å²) in [6.07, 6.45) is 1.35. The van der Waals surface area contributed by atoms with E-state index in [1.165, 1.54) is 0 Å². The Bertz CT molecular complexity index is 82.3. The van der Waals surface area contributed by atoms with Crippen LogP contribution in [-0.2, 0) is 5.11 Å². The van der Waals surface area contributed by atoms with Crippen LogP contribution in [0.15, 0.2) is 0 Å². The predicted octanol–water partition coefficient (Wildman–Crippen LogP) is 2.97. The van der Waals surface area contributed by atoms with E-state index in [4.69, 9.17) is 0 Å². The zero-order valence-corrected chi connectivity index (χ0v) is 7.16. The number of hydrogen-bond acceptors (Lipinski definition) is 0. The van der Waals surface area contributed by atoms with Crippen LogP contribution in [0.3, 0.4) is 0 Å². The van der Waals surface area contributed by atoms with Gasteiger partial charge in [0.25, 0.3) is 0 Å². The van der Waals surface area contributed by atoms with Gasteiger partial charge in [0, 0.05) is 6.42 Å². The van der Waals surface area contributed by atoms with Crippen molar-refractivity contribution in [3.05, 3.63) is 0 Å². The third-order valence-corrected chi connectivity index (χ3v) is 1.50. The highest BCUT2D eigenvalue weighted by Crippen LogP contribution is 2.27. The second-order valence-corrected chi connectivity index (χ2v) is 3.29. The molecule has 0 aromatic carbocycles. The summed E-state index contributed by atoms with van der Waals surface area (Å²) in [5.41, 5.74) is 0. The Balaban J connectivity index is 3.04. The van der Waals surface area contributed by atoms with Gasteiger partial charge in [0.1, 0.15) is 0 Å². The van der Waals surface area contributed by atoms with E-state index in [-0.39, 0.29) is 13.0 Å². The molecule has 0 saturated heterocycles. The Morgan fingerprint density at radius 3 is 2.20 bits per heavy atom. The Hall–Kier alpha value is 0.300. The van der Waals surface area contributed by atoms with Gasteiger partial charge in [-0.3, -0.25) is 0 Å². The van der Waals surface area contributed by atoms with Crippen molar-refractivity contribution in [3.8, 4) is 0 Å². The number of hydrogen-bond donors (Lipinski definition) is 0. The van der Waals surface area contributed by atoms with Crippen molar-refractivity contribution < 1.29 is 13.9 Å². The molecule has 0 saturated carbocycles. The molecule has 0 N–H and O–H groups in total. The third kappa shape index (κ3) is 8.30. The van der Waals surface area contributed by atoms with Crippen molar-refractivity contribution in [2.45, 2.75) is 30.5 Å². The summed E-state index contributed by atoms with van der Waals surface area (Å²) in [5.74, 6) is 0. The Morgan fingerprint density at radius 2 is 1.80 bits per heavy atom. The van der Waals surface area contributed by atoms with Crippen LogP contribution in [0, 0.1) is 0 Å². The van der Waals surface area contributed by atoms with E-state index < -0.39 is 4.83 Å². The molecule has 0 atom stereocenters. The van der Waals surface area contributed by atoms with E-state index in [9.17, 15) is 13.9 Å². The molecular weight excluding hydrogens is 206 g/mol. The lowest BCUT2D eigenvalue weighted by Crippen LogP contribution is -2.03. The molecule has 0 heterocycles. The molecule has 1 radical (unpaired) electrons. The van der Waals surface area contributed by atoms with E-state index in [1.807, 2.05) is 0 Å². The van der Waals surface area contributed by atoms with Crippen LogP contribution in [0.5, 0.6) is 0 Å². The first-order valence-electron chi connectivity index (χ1n) is 3.21. The van der Waals surface area contributed by atoms with E-state index in [0.717, 1.165) is 0 Å². The Morgan fingerprint density at radius 1 is 1.20 bits per heavy atom. The summed E-state index contributed by atoms with van der Waals surface area (Å²) in [5, 5.41) is 9.86. The zero-order valence-electron chi connectivity index (χ0n) is 5.58. The first kappa shape index (κ1) is 10.3. The summed E-state index contributed by atoms with van der Waals surface area (Å²) in [6.45, 7) is -0.159. The fourth-order valence-electron chi connectivity index (χ4n) is 0.604. The molecule has 0 amide bonds. The maximum Gasteiger partial charge on any atom is 0.301 e. The maximum absolute atomic E-state index is 12.0. The Labute approximate surface area is 67.6 Å². The van der Waals surface area contributed by atoms with Gasteiger partial charge in [0.15, 0.2) is 0 Å². The molecule has 61 valence electrons. The van der Waals surface area contributed by atoms with Gasteiger partial charge in [-0.05, 0) is 28.8 Å². The lowest BCUT2D eigenvalue weighted by molar-refractivity contribution is 0.0990. The number of alkyl halides is 3. The standard InChI is InChI=1S/C6H10BrF2O/c7-6(8,9)4-2-1-3-5-10/h1-5H2. The molecule has 10 heavy (non-hydrogen) atoms. The van der Waals surface area contributed by atoms with Gasteiger partial charge in [-0.25, -0.2) is 5.11 Å². The third-order valence-electron chi connectivity index (χ3n) is 1.10. The number of halogens is 3. The van der Waals surface area contributed by atoms with Crippen LogP contribution in [-0.4, -0.2) is 11.4 Å². The molecule has 0 aliphatic heterocycles.